The van der Waals surface area contributed by atoms with E-state index >= 15 is 0 Å². The normalized spacial score (nSPS) is 12.9. The Kier molecular flexibility index (Phi) is 3.81. The van der Waals surface area contributed by atoms with E-state index < -0.39 is 0 Å². The minimum absolute atomic E-state index is 0.0530. The van der Waals surface area contributed by atoms with Gasteiger partial charge in [0.1, 0.15) is 18.5 Å². The van der Waals surface area contributed by atoms with Gasteiger partial charge in [-0.1, -0.05) is 63.2 Å². The lowest BCUT2D eigenvalue weighted by atomic mass is 9.82. The molecule has 0 bridgehead atoms. The Labute approximate surface area is 189 Å². The molecule has 2 nitrogen and oxygen atoms in total. The first kappa shape index (κ1) is 19.3. The third kappa shape index (κ3) is 2.44. The summed E-state index contributed by atoms with van der Waals surface area (Å²) in [7, 11) is 2.15. The molecule has 158 valence electrons. The SMILES string of the molecule is Cc1c2c(c(C)c3ccccc13)-c1c3c(cc4c(C(C)(C)C)cccc4c3cc[n+]1C)O2. The lowest BCUT2D eigenvalue weighted by Crippen LogP contribution is -2.32. The van der Waals surface area contributed by atoms with E-state index in [0.29, 0.717) is 0 Å². The van der Waals surface area contributed by atoms with Crippen LogP contribution in [0.15, 0.2) is 60.8 Å². The van der Waals surface area contributed by atoms with Crippen molar-refractivity contribution in [1.29, 1.82) is 0 Å². The van der Waals surface area contributed by atoms with Crippen LogP contribution in [-0.4, -0.2) is 0 Å². The maximum atomic E-state index is 6.79. The molecule has 0 aliphatic carbocycles. The molecule has 4 aromatic carbocycles. The standard InChI is InChI=1S/C30H28NO/c1-17-19-10-7-8-11-20(19)18(2)29-26(17)28-27-22(14-15-31(28)6)21-12-9-13-24(30(3,4)5)23(21)16-25(27)32-29/h7-16H,1-6H3/q+1. The number of rotatable bonds is 0. The fourth-order valence-corrected chi connectivity index (χ4v) is 5.59. The maximum Gasteiger partial charge on any atom is 0.228 e. The molecule has 5 aromatic rings. The quantitative estimate of drug-likeness (QED) is 0.182. The zero-order valence-corrected chi connectivity index (χ0v) is 19.6. The highest BCUT2D eigenvalue weighted by Crippen LogP contribution is 2.52. The number of aromatic nitrogens is 1. The van der Waals surface area contributed by atoms with Crippen LogP contribution >= 0.6 is 0 Å². The zero-order valence-electron chi connectivity index (χ0n) is 19.6. The lowest BCUT2D eigenvalue weighted by molar-refractivity contribution is -0.659. The Morgan fingerprint density at radius 1 is 0.750 bits per heavy atom. The van der Waals surface area contributed by atoms with Crippen molar-refractivity contribution in [3.63, 3.8) is 0 Å². The predicted molar refractivity (Wildman–Crippen MR) is 134 cm³/mol. The van der Waals surface area contributed by atoms with Crippen molar-refractivity contribution in [3.8, 4) is 22.8 Å². The molecule has 0 unspecified atom stereocenters. The van der Waals surface area contributed by atoms with Crippen molar-refractivity contribution in [1.82, 2.24) is 0 Å². The Hall–Kier alpha value is -3.39. The summed E-state index contributed by atoms with van der Waals surface area (Å²) in [5.41, 5.74) is 6.34. The van der Waals surface area contributed by atoms with Crippen LogP contribution in [0.3, 0.4) is 0 Å². The van der Waals surface area contributed by atoms with Gasteiger partial charge >= 0.3 is 0 Å². The monoisotopic (exact) mass is 418 g/mol. The predicted octanol–water partition coefficient (Wildman–Crippen LogP) is 7.66. The number of benzene rings is 4. The Morgan fingerprint density at radius 3 is 2.16 bits per heavy atom. The highest BCUT2D eigenvalue weighted by Gasteiger charge is 2.33. The summed E-state index contributed by atoms with van der Waals surface area (Å²) in [6.45, 7) is 11.3. The maximum absolute atomic E-state index is 6.79. The van der Waals surface area contributed by atoms with Crippen LogP contribution in [0.2, 0.25) is 0 Å². The first-order valence-electron chi connectivity index (χ1n) is 11.4. The summed E-state index contributed by atoms with van der Waals surface area (Å²) in [5.74, 6) is 1.95. The van der Waals surface area contributed by atoms with E-state index in [1.54, 1.807) is 0 Å². The minimum Gasteiger partial charge on any atom is -0.455 e. The van der Waals surface area contributed by atoms with Gasteiger partial charge in [0.15, 0.2) is 6.20 Å². The summed E-state index contributed by atoms with van der Waals surface area (Å²) in [5, 5.41) is 7.59. The van der Waals surface area contributed by atoms with Gasteiger partial charge in [-0.05, 0) is 58.0 Å². The molecule has 6 rings (SSSR count). The van der Waals surface area contributed by atoms with E-state index in [2.05, 4.69) is 107 Å². The number of hydrogen-bond acceptors (Lipinski definition) is 1. The molecule has 32 heavy (non-hydrogen) atoms. The second-order valence-corrected chi connectivity index (χ2v) is 10.2. The van der Waals surface area contributed by atoms with Crippen LogP contribution in [0.4, 0.5) is 0 Å². The molecule has 0 atom stereocenters. The lowest BCUT2D eigenvalue weighted by Gasteiger charge is -2.26. The van der Waals surface area contributed by atoms with E-state index in [-0.39, 0.29) is 5.41 Å². The summed E-state index contributed by atoms with van der Waals surface area (Å²) < 4.78 is 9.04. The summed E-state index contributed by atoms with van der Waals surface area (Å²) >= 11 is 0. The highest BCUT2D eigenvalue weighted by atomic mass is 16.5. The number of pyridine rings is 1. The van der Waals surface area contributed by atoms with E-state index in [0.717, 1.165) is 11.5 Å². The van der Waals surface area contributed by atoms with Crippen LogP contribution in [0.1, 0.15) is 37.5 Å². The van der Waals surface area contributed by atoms with Gasteiger partial charge in [0.25, 0.3) is 0 Å². The van der Waals surface area contributed by atoms with E-state index in [9.17, 15) is 0 Å². The molecule has 2 heteroatoms. The van der Waals surface area contributed by atoms with Gasteiger partial charge in [-0.3, -0.25) is 0 Å². The van der Waals surface area contributed by atoms with Crippen molar-refractivity contribution >= 4 is 32.3 Å². The fraction of sp³-hybridized carbons (Fsp3) is 0.233. The third-order valence-electron chi connectivity index (χ3n) is 7.18. The molecule has 2 heterocycles. The zero-order chi connectivity index (χ0) is 22.4. The van der Waals surface area contributed by atoms with E-state index in [4.69, 9.17) is 4.74 Å². The number of aryl methyl sites for hydroxylation is 3. The topological polar surface area (TPSA) is 13.1 Å². The van der Waals surface area contributed by atoms with Gasteiger partial charge in [-0.2, -0.15) is 0 Å². The number of nitrogens with zero attached hydrogens (tertiary/aromatic N) is 1. The Balaban J connectivity index is 1.83. The third-order valence-corrected chi connectivity index (χ3v) is 7.18. The molecular weight excluding hydrogens is 390 g/mol. The van der Waals surface area contributed by atoms with Crippen LogP contribution < -0.4 is 9.30 Å². The summed E-state index contributed by atoms with van der Waals surface area (Å²) in [4.78, 5) is 0. The smallest absolute Gasteiger partial charge is 0.228 e. The molecule has 0 saturated heterocycles. The molecule has 0 fully saturated rings. The number of hydrogen-bond donors (Lipinski definition) is 0. The van der Waals surface area contributed by atoms with Crippen molar-refractivity contribution in [2.24, 2.45) is 7.05 Å². The highest BCUT2D eigenvalue weighted by molar-refractivity contribution is 6.16. The summed E-state index contributed by atoms with van der Waals surface area (Å²) in [6, 6.07) is 19.9. The van der Waals surface area contributed by atoms with Gasteiger partial charge in [0.05, 0.1) is 10.9 Å². The first-order valence-corrected chi connectivity index (χ1v) is 11.4. The number of fused-ring (bicyclic) bond motifs is 5. The van der Waals surface area contributed by atoms with Gasteiger partial charge in [-0.25, -0.2) is 4.57 Å². The van der Waals surface area contributed by atoms with Gasteiger partial charge in [0.2, 0.25) is 5.69 Å². The second kappa shape index (κ2) is 6.32. The van der Waals surface area contributed by atoms with Crippen LogP contribution in [0.25, 0.3) is 43.6 Å². The summed E-state index contributed by atoms with van der Waals surface area (Å²) in [6.07, 6.45) is 2.20. The minimum atomic E-state index is 0.0530. The average molecular weight is 419 g/mol. The van der Waals surface area contributed by atoms with Crippen molar-refractivity contribution in [2.45, 2.75) is 40.0 Å². The van der Waals surface area contributed by atoms with E-state index in [1.165, 1.54) is 60.3 Å². The molecule has 0 saturated carbocycles. The number of ether oxygens (including phenoxy) is 1. The fourth-order valence-electron chi connectivity index (χ4n) is 5.59. The van der Waals surface area contributed by atoms with E-state index in [1.807, 2.05) is 0 Å². The van der Waals surface area contributed by atoms with Gasteiger partial charge in [0, 0.05) is 17.0 Å². The second-order valence-electron chi connectivity index (χ2n) is 10.2. The largest absolute Gasteiger partial charge is 0.455 e. The van der Waals surface area contributed by atoms with Gasteiger partial charge < -0.3 is 4.74 Å². The average Bonchev–Trinajstić information content (AvgIpc) is 2.77. The molecular formula is C30H28NO+. The van der Waals surface area contributed by atoms with Crippen LogP contribution in [-0.2, 0) is 12.5 Å². The van der Waals surface area contributed by atoms with Crippen molar-refractivity contribution < 1.29 is 9.30 Å². The molecule has 1 aromatic heterocycles. The molecule has 0 spiro atoms. The van der Waals surface area contributed by atoms with Gasteiger partial charge in [-0.15, -0.1) is 0 Å². The van der Waals surface area contributed by atoms with Crippen LogP contribution in [0, 0.1) is 13.8 Å². The van der Waals surface area contributed by atoms with Crippen LogP contribution in [0.5, 0.6) is 11.5 Å². The molecule has 1 aliphatic heterocycles. The molecule has 0 radical (unpaired) electrons. The van der Waals surface area contributed by atoms with Crippen molar-refractivity contribution in [2.75, 3.05) is 0 Å². The molecule has 0 amide bonds. The molecule has 0 N–H and O–H groups in total. The Bertz CT molecular complexity index is 1600. The first-order chi connectivity index (χ1) is 15.3. The molecule has 1 aliphatic rings. The Morgan fingerprint density at radius 2 is 1.44 bits per heavy atom. The van der Waals surface area contributed by atoms with Crippen molar-refractivity contribution in [3.05, 3.63) is 77.5 Å².